The van der Waals surface area contributed by atoms with Crippen molar-refractivity contribution >= 4 is 32.8 Å². The Morgan fingerprint density at radius 1 is 1.07 bits per heavy atom. The summed E-state index contributed by atoms with van der Waals surface area (Å²) < 4.78 is 44.6. The van der Waals surface area contributed by atoms with Gasteiger partial charge in [0.25, 0.3) is 0 Å². The van der Waals surface area contributed by atoms with E-state index in [-0.39, 0.29) is 27.9 Å². The normalized spacial score (nSPS) is 17.8. The minimum Gasteiger partial charge on any atom is -0.309 e. The number of pyridine rings is 2. The number of aryl methyl sites for hydroxylation is 1. The molecule has 0 bridgehead atoms. The molecule has 1 spiro atoms. The SMILES string of the molecule is CCN1CCC2(CC1)CN(S(=O)(=O)c1ccc(Nc3ncc(F)c(-c4cnc5nn(C)c(C(C)C)c5c4)n3)nc1)C2. The molecule has 0 aliphatic carbocycles. The van der Waals surface area contributed by atoms with Crippen molar-refractivity contribution in [1.82, 2.24) is 38.9 Å². The number of anilines is 2. The van der Waals surface area contributed by atoms with Crippen molar-refractivity contribution in [3.8, 4) is 11.3 Å². The second kappa shape index (κ2) is 10.4. The van der Waals surface area contributed by atoms with Crippen molar-refractivity contribution in [3.63, 3.8) is 0 Å². The molecule has 4 aromatic rings. The number of sulfonamides is 1. The Morgan fingerprint density at radius 3 is 2.49 bits per heavy atom. The van der Waals surface area contributed by atoms with E-state index in [4.69, 9.17) is 0 Å². The van der Waals surface area contributed by atoms with Gasteiger partial charge in [-0.25, -0.2) is 32.7 Å². The highest BCUT2D eigenvalue weighted by molar-refractivity contribution is 7.89. The fourth-order valence-electron chi connectivity index (χ4n) is 5.94. The molecule has 0 saturated carbocycles. The van der Waals surface area contributed by atoms with E-state index in [1.807, 2.05) is 13.1 Å². The van der Waals surface area contributed by atoms with E-state index < -0.39 is 15.8 Å². The van der Waals surface area contributed by atoms with E-state index in [9.17, 15) is 12.8 Å². The molecule has 41 heavy (non-hydrogen) atoms. The third-order valence-electron chi connectivity index (χ3n) is 8.30. The number of hydrogen-bond donors (Lipinski definition) is 1. The molecule has 13 heteroatoms. The summed E-state index contributed by atoms with van der Waals surface area (Å²) in [5.41, 5.74) is 2.26. The number of nitrogens with one attached hydrogen (secondary N) is 1. The Bertz CT molecular complexity index is 1690. The van der Waals surface area contributed by atoms with Crippen LogP contribution in [0.3, 0.4) is 0 Å². The second-order valence-electron chi connectivity index (χ2n) is 11.4. The first-order valence-corrected chi connectivity index (χ1v) is 15.3. The van der Waals surface area contributed by atoms with Crippen molar-refractivity contribution in [1.29, 1.82) is 0 Å². The fourth-order valence-corrected chi connectivity index (χ4v) is 7.55. The predicted molar refractivity (Wildman–Crippen MR) is 154 cm³/mol. The van der Waals surface area contributed by atoms with Gasteiger partial charge in [-0.05, 0) is 56.6 Å². The Balaban J connectivity index is 1.17. The lowest BCUT2D eigenvalue weighted by atomic mass is 9.73. The van der Waals surface area contributed by atoms with Crippen LogP contribution in [0.25, 0.3) is 22.3 Å². The molecule has 2 fully saturated rings. The number of fused-ring (bicyclic) bond motifs is 1. The summed E-state index contributed by atoms with van der Waals surface area (Å²) in [6, 6.07) is 4.92. The van der Waals surface area contributed by atoms with E-state index >= 15 is 0 Å². The summed E-state index contributed by atoms with van der Waals surface area (Å²) in [5.74, 6) is 0.0850. The molecule has 216 valence electrons. The van der Waals surface area contributed by atoms with Crippen molar-refractivity contribution in [2.75, 3.05) is 38.0 Å². The van der Waals surface area contributed by atoms with Gasteiger partial charge in [0, 0.05) is 48.9 Å². The second-order valence-corrected chi connectivity index (χ2v) is 13.3. The van der Waals surface area contributed by atoms with Crippen molar-refractivity contribution in [3.05, 3.63) is 48.3 Å². The van der Waals surface area contributed by atoms with E-state index in [0.717, 1.165) is 49.8 Å². The molecular formula is C28H34FN9O2S. The molecule has 0 aromatic carbocycles. The van der Waals surface area contributed by atoms with Crippen LogP contribution in [0.15, 0.2) is 41.7 Å². The molecule has 11 nitrogen and oxygen atoms in total. The monoisotopic (exact) mass is 579 g/mol. The molecule has 6 rings (SSSR count). The maximum atomic E-state index is 14.8. The molecule has 1 N–H and O–H groups in total. The fraction of sp³-hybridized carbons (Fsp3) is 0.464. The number of hydrogen-bond acceptors (Lipinski definition) is 9. The Labute approximate surface area is 238 Å². The molecule has 0 amide bonds. The van der Waals surface area contributed by atoms with E-state index in [1.54, 1.807) is 21.3 Å². The van der Waals surface area contributed by atoms with Crippen molar-refractivity contribution in [2.24, 2.45) is 12.5 Å². The molecular weight excluding hydrogens is 545 g/mol. The standard InChI is InChI=1S/C28H34FN9O2S/c1-5-37-10-8-28(9-11-37)16-38(17-28)41(39,40)20-6-7-23(30-14-20)33-27-32-15-22(29)24(34-27)19-12-21-25(18(2)3)36(4)35-26(21)31-13-19/h6-7,12-15,18H,5,8-11,16-17H2,1-4H3,(H,30,32,33,34). The number of rotatable bonds is 7. The molecule has 2 saturated heterocycles. The van der Waals surface area contributed by atoms with Crippen LogP contribution in [0.5, 0.6) is 0 Å². The number of piperidine rings is 1. The lowest BCUT2D eigenvalue weighted by molar-refractivity contribution is 0.00220. The van der Waals surface area contributed by atoms with E-state index in [1.165, 1.54) is 12.3 Å². The quantitative estimate of drug-likeness (QED) is 0.347. The Hall–Kier alpha value is -3.55. The van der Waals surface area contributed by atoms with Crippen LogP contribution in [-0.4, -0.2) is 80.1 Å². The van der Waals surface area contributed by atoms with Crippen LogP contribution >= 0.6 is 0 Å². The maximum absolute atomic E-state index is 14.8. The third-order valence-corrected chi connectivity index (χ3v) is 10.1. The highest BCUT2D eigenvalue weighted by Crippen LogP contribution is 2.43. The average Bonchev–Trinajstić information content (AvgIpc) is 3.28. The molecule has 0 unspecified atom stereocenters. The minimum absolute atomic E-state index is 0.0890. The summed E-state index contributed by atoms with van der Waals surface area (Å²) in [7, 11) is -1.76. The zero-order valence-electron chi connectivity index (χ0n) is 23.7. The van der Waals surface area contributed by atoms with Crippen LogP contribution in [0.2, 0.25) is 0 Å². The maximum Gasteiger partial charge on any atom is 0.244 e. The zero-order chi connectivity index (χ0) is 28.9. The van der Waals surface area contributed by atoms with Gasteiger partial charge in [-0.15, -0.1) is 0 Å². The Kier molecular flexibility index (Phi) is 6.99. The minimum atomic E-state index is -3.63. The first kappa shape index (κ1) is 27.6. The van der Waals surface area contributed by atoms with Gasteiger partial charge in [0.1, 0.15) is 16.4 Å². The lowest BCUT2D eigenvalue weighted by Crippen LogP contribution is -2.61. The topological polar surface area (TPSA) is 122 Å². The van der Waals surface area contributed by atoms with Crippen LogP contribution < -0.4 is 5.32 Å². The van der Waals surface area contributed by atoms with Gasteiger partial charge in [0.05, 0.1) is 11.9 Å². The number of likely N-dealkylation sites (tertiary alicyclic amines) is 1. The lowest BCUT2D eigenvalue weighted by Gasteiger charge is -2.53. The van der Waals surface area contributed by atoms with Crippen molar-refractivity contribution < 1.29 is 12.8 Å². The summed E-state index contributed by atoms with van der Waals surface area (Å²) in [5, 5.41) is 8.24. The average molecular weight is 580 g/mol. The first-order valence-electron chi connectivity index (χ1n) is 13.9. The van der Waals surface area contributed by atoms with Crippen molar-refractivity contribution in [2.45, 2.75) is 44.4 Å². The molecule has 4 aromatic heterocycles. The highest BCUT2D eigenvalue weighted by Gasteiger charge is 2.49. The smallest absolute Gasteiger partial charge is 0.244 e. The molecule has 2 aliphatic rings. The summed E-state index contributed by atoms with van der Waals surface area (Å²) in [6.07, 6.45) is 6.02. The van der Waals surface area contributed by atoms with Gasteiger partial charge in [-0.3, -0.25) is 4.68 Å². The largest absolute Gasteiger partial charge is 0.309 e. The molecule has 0 atom stereocenters. The Morgan fingerprint density at radius 2 is 1.83 bits per heavy atom. The summed E-state index contributed by atoms with van der Waals surface area (Å²) >= 11 is 0. The van der Waals surface area contributed by atoms with E-state index in [2.05, 4.69) is 56.0 Å². The van der Waals surface area contributed by atoms with Crippen LogP contribution in [-0.2, 0) is 17.1 Å². The van der Waals surface area contributed by atoms with Gasteiger partial charge in [0.15, 0.2) is 11.5 Å². The summed E-state index contributed by atoms with van der Waals surface area (Å²) in [4.78, 5) is 19.7. The number of halogens is 1. The first-order chi connectivity index (χ1) is 19.6. The van der Waals surface area contributed by atoms with Crippen LogP contribution in [0, 0.1) is 11.2 Å². The van der Waals surface area contributed by atoms with Crippen LogP contribution in [0.4, 0.5) is 16.2 Å². The van der Waals surface area contributed by atoms with E-state index in [0.29, 0.717) is 30.1 Å². The molecule has 2 aliphatic heterocycles. The summed E-state index contributed by atoms with van der Waals surface area (Å²) in [6.45, 7) is 10.5. The predicted octanol–water partition coefficient (Wildman–Crippen LogP) is 3.93. The zero-order valence-corrected chi connectivity index (χ0v) is 24.5. The highest BCUT2D eigenvalue weighted by atomic mass is 32.2. The van der Waals surface area contributed by atoms with Gasteiger partial charge in [-0.2, -0.15) is 9.40 Å². The third kappa shape index (κ3) is 5.06. The molecule has 6 heterocycles. The molecule has 0 radical (unpaired) electrons. The van der Waals surface area contributed by atoms with Gasteiger partial charge in [-0.1, -0.05) is 20.8 Å². The number of aromatic nitrogens is 6. The number of nitrogens with zero attached hydrogens (tertiary/aromatic N) is 8. The van der Waals surface area contributed by atoms with Gasteiger partial charge in [0.2, 0.25) is 16.0 Å². The van der Waals surface area contributed by atoms with Gasteiger partial charge < -0.3 is 10.2 Å². The van der Waals surface area contributed by atoms with Gasteiger partial charge >= 0.3 is 0 Å². The van der Waals surface area contributed by atoms with Crippen LogP contribution in [0.1, 0.15) is 45.2 Å².